The van der Waals surface area contributed by atoms with Crippen LogP contribution in [0.2, 0.25) is 0 Å². The van der Waals surface area contributed by atoms with Gasteiger partial charge < -0.3 is 0 Å². The van der Waals surface area contributed by atoms with Gasteiger partial charge in [0.15, 0.2) is 0 Å². The minimum atomic E-state index is -4.54. The van der Waals surface area contributed by atoms with Gasteiger partial charge in [-0.05, 0) is 0 Å². The Morgan fingerprint density at radius 3 is 0.750 bits per heavy atom. The van der Waals surface area contributed by atoms with Gasteiger partial charge in [0.25, 0.3) is 0 Å². The van der Waals surface area contributed by atoms with Crippen molar-refractivity contribution in [2.45, 2.75) is 0 Å². The molecule has 0 heterocycles. The van der Waals surface area contributed by atoms with Gasteiger partial charge in [0.1, 0.15) is 0 Å². The summed E-state index contributed by atoms with van der Waals surface area (Å²) in [4.78, 5) is 0. The standard InChI is InChI=1S/C12BrF10Ge/c13-24(11-7(20)3(16)1(14)4(17)8(11)21)12-9(22)5(18)2(15)6(19)10(12)23. The van der Waals surface area contributed by atoms with Crippen LogP contribution in [0, 0.1) is 58.2 Å². The quantitative estimate of drug-likeness (QED) is 0.264. The van der Waals surface area contributed by atoms with Gasteiger partial charge in [-0.1, -0.05) is 0 Å². The second-order valence-corrected chi connectivity index (χ2v) is 11.7. The molecule has 0 nitrogen and oxygen atoms in total. The molecule has 0 aliphatic rings. The molecule has 0 unspecified atom stereocenters. The van der Waals surface area contributed by atoms with E-state index in [4.69, 9.17) is 0 Å². The van der Waals surface area contributed by atoms with Crippen molar-refractivity contribution in [3.8, 4) is 0 Å². The number of halogens is 11. The second-order valence-electron chi connectivity index (χ2n) is 4.20. The third-order valence-electron chi connectivity index (χ3n) is 2.86. The van der Waals surface area contributed by atoms with Crippen LogP contribution in [0.1, 0.15) is 0 Å². The van der Waals surface area contributed by atoms with Crippen molar-refractivity contribution in [1.29, 1.82) is 0 Å². The molecule has 0 N–H and O–H groups in total. The molecule has 2 aromatic rings. The van der Waals surface area contributed by atoms with Gasteiger partial charge in [0, 0.05) is 0 Å². The predicted molar refractivity (Wildman–Crippen MR) is 66.4 cm³/mol. The first-order chi connectivity index (χ1) is 11.0. The normalized spacial score (nSPS) is 11.5. The van der Waals surface area contributed by atoms with Crippen molar-refractivity contribution in [3.63, 3.8) is 0 Å². The van der Waals surface area contributed by atoms with Crippen LogP contribution in [0.15, 0.2) is 0 Å². The molecule has 129 valence electrons. The molecule has 0 saturated carbocycles. The molecule has 0 aliphatic heterocycles. The molecule has 2 aromatic carbocycles. The molecule has 24 heavy (non-hydrogen) atoms. The van der Waals surface area contributed by atoms with Gasteiger partial charge in [-0.2, -0.15) is 0 Å². The topological polar surface area (TPSA) is 0 Å². The third kappa shape index (κ3) is 2.70. The Labute approximate surface area is 137 Å². The zero-order valence-corrected chi connectivity index (χ0v) is 14.3. The Kier molecular flexibility index (Phi) is 5.23. The average Bonchev–Trinajstić information content (AvgIpc) is 2.55. The molecule has 0 fully saturated rings. The molecule has 0 atom stereocenters. The Morgan fingerprint density at radius 1 is 0.375 bits per heavy atom. The van der Waals surface area contributed by atoms with Crippen molar-refractivity contribution in [2.75, 3.05) is 0 Å². The van der Waals surface area contributed by atoms with Crippen LogP contribution in [0.4, 0.5) is 43.9 Å². The summed E-state index contributed by atoms with van der Waals surface area (Å²) in [5.41, 5.74) is 0. The van der Waals surface area contributed by atoms with Gasteiger partial charge in [0.05, 0.1) is 0 Å². The van der Waals surface area contributed by atoms with E-state index < -0.39 is 79.5 Å². The Balaban J connectivity index is 2.84. The van der Waals surface area contributed by atoms with Gasteiger partial charge >= 0.3 is 137 Å². The summed E-state index contributed by atoms with van der Waals surface area (Å²) < 4.78 is 130. The maximum absolute atomic E-state index is 13.7. The summed E-state index contributed by atoms with van der Waals surface area (Å²) in [5, 5.41) is 0. The Hall–Kier alpha value is -1.24. The number of rotatable bonds is 2. The van der Waals surface area contributed by atoms with E-state index in [-0.39, 0.29) is 0 Å². The first-order valence-electron chi connectivity index (χ1n) is 5.58. The molecule has 2 rings (SSSR count). The van der Waals surface area contributed by atoms with Crippen LogP contribution in [-0.2, 0) is 0 Å². The van der Waals surface area contributed by atoms with Crippen molar-refractivity contribution in [2.24, 2.45) is 0 Å². The fraction of sp³-hybridized carbons (Fsp3) is 0. The van der Waals surface area contributed by atoms with E-state index in [1.807, 2.05) is 0 Å². The molecule has 0 aromatic heterocycles. The molecular formula is C12BrF10Ge. The Morgan fingerprint density at radius 2 is 0.542 bits per heavy atom. The molecule has 0 spiro atoms. The summed E-state index contributed by atoms with van der Waals surface area (Å²) in [6, 6.07) is 0. The molecule has 0 amide bonds. The average molecular weight is 487 g/mol. The summed E-state index contributed by atoms with van der Waals surface area (Å²) in [5.74, 6) is -24.3. The van der Waals surface area contributed by atoms with Crippen molar-refractivity contribution in [1.82, 2.24) is 0 Å². The zero-order valence-electron chi connectivity index (χ0n) is 10.7. The van der Waals surface area contributed by atoms with Gasteiger partial charge in [-0.3, -0.25) is 0 Å². The van der Waals surface area contributed by atoms with Crippen LogP contribution in [0.5, 0.6) is 0 Å². The Bertz CT molecular complexity index is 725. The van der Waals surface area contributed by atoms with Crippen LogP contribution in [-0.4, -0.2) is 12.5 Å². The van der Waals surface area contributed by atoms with Crippen molar-refractivity contribution in [3.05, 3.63) is 58.2 Å². The van der Waals surface area contributed by atoms with E-state index >= 15 is 0 Å². The number of hydrogen-bond acceptors (Lipinski definition) is 0. The summed E-state index contributed by atoms with van der Waals surface area (Å²) in [7, 11) is 0. The third-order valence-corrected chi connectivity index (χ3v) is 10.7. The number of hydrogen-bond donors (Lipinski definition) is 0. The molecular weight excluding hydrogens is 487 g/mol. The predicted octanol–water partition coefficient (Wildman–Crippen LogP) is 3.58. The summed E-state index contributed by atoms with van der Waals surface area (Å²) in [6.45, 7) is 0. The molecule has 1 radical (unpaired) electrons. The summed E-state index contributed by atoms with van der Waals surface area (Å²) in [6.07, 6.45) is 0. The van der Waals surface area contributed by atoms with Gasteiger partial charge in [0.2, 0.25) is 0 Å². The van der Waals surface area contributed by atoms with Crippen LogP contribution in [0.3, 0.4) is 0 Å². The van der Waals surface area contributed by atoms with Gasteiger partial charge in [-0.25, -0.2) is 0 Å². The maximum atomic E-state index is 13.7. The molecule has 0 bridgehead atoms. The fourth-order valence-electron chi connectivity index (χ4n) is 1.72. The van der Waals surface area contributed by atoms with Crippen molar-refractivity contribution < 1.29 is 43.9 Å². The van der Waals surface area contributed by atoms with E-state index in [1.165, 1.54) is 0 Å². The van der Waals surface area contributed by atoms with E-state index in [0.717, 1.165) is 0 Å². The van der Waals surface area contributed by atoms with Gasteiger partial charge in [-0.15, -0.1) is 0 Å². The molecule has 12 heteroatoms. The zero-order chi connectivity index (χ0) is 18.5. The molecule has 0 saturated heterocycles. The van der Waals surface area contributed by atoms with E-state index in [1.54, 1.807) is 0 Å². The minimum absolute atomic E-state index is 1.64. The van der Waals surface area contributed by atoms with Crippen molar-refractivity contribution >= 4 is 35.3 Å². The second kappa shape index (κ2) is 6.58. The SMILES string of the molecule is Fc1c(F)c(F)[c]([Ge]([Br])[c]2c(F)c(F)c(F)c(F)c2F)c(F)c1F. The molecule has 0 aliphatic carbocycles. The first kappa shape index (κ1) is 19.1. The van der Waals surface area contributed by atoms with Crippen LogP contribution >= 0.6 is 14.0 Å². The first-order valence-corrected chi connectivity index (χ1v) is 12.6. The van der Waals surface area contributed by atoms with Crippen LogP contribution < -0.4 is 8.79 Å². The monoisotopic (exact) mass is 487 g/mol. The van der Waals surface area contributed by atoms with E-state index in [2.05, 4.69) is 14.0 Å². The summed E-state index contributed by atoms with van der Waals surface area (Å²) >= 11 is -2.16. The van der Waals surface area contributed by atoms with E-state index in [0.29, 0.717) is 0 Å². The van der Waals surface area contributed by atoms with Crippen LogP contribution in [0.25, 0.3) is 0 Å². The van der Waals surface area contributed by atoms with E-state index in [9.17, 15) is 43.9 Å². The number of benzene rings is 2. The fourth-order valence-corrected chi connectivity index (χ4v) is 8.40.